The van der Waals surface area contributed by atoms with Crippen LogP contribution in [0.15, 0.2) is 65.1 Å². The fraction of sp³-hybridized carbons (Fsp3) is 0.179. The number of carbonyl (C=O) groups excluding carboxylic acids is 1. The number of fused-ring (bicyclic) bond motifs is 2. The number of carbonyl (C=O) groups is 1. The van der Waals surface area contributed by atoms with Gasteiger partial charge in [0.05, 0.1) is 5.69 Å². The van der Waals surface area contributed by atoms with E-state index in [0.29, 0.717) is 22.6 Å². The fourth-order valence-electron chi connectivity index (χ4n) is 4.62. The van der Waals surface area contributed by atoms with E-state index in [9.17, 15) is 14.3 Å². The van der Waals surface area contributed by atoms with Gasteiger partial charge in [0.15, 0.2) is 17.3 Å². The molecule has 0 unspecified atom stereocenters. The summed E-state index contributed by atoms with van der Waals surface area (Å²) < 4.78 is 22.6. The molecule has 3 aromatic carbocycles. The Morgan fingerprint density at radius 1 is 1.06 bits per heavy atom. The van der Waals surface area contributed by atoms with Crippen LogP contribution in [0.5, 0.6) is 5.75 Å². The first-order valence-corrected chi connectivity index (χ1v) is 11.1. The maximum Gasteiger partial charge on any atom is 0.165 e. The summed E-state index contributed by atoms with van der Waals surface area (Å²) in [6.45, 7) is 2.94. The van der Waals surface area contributed by atoms with Crippen molar-refractivity contribution in [2.24, 2.45) is 5.92 Å². The number of aromatic nitrogens is 1. The number of aryl methyl sites for hydroxylation is 1. The number of rotatable bonds is 5. The van der Waals surface area contributed by atoms with Gasteiger partial charge in [0.25, 0.3) is 0 Å². The van der Waals surface area contributed by atoms with Crippen molar-refractivity contribution in [3.05, 3.63) is 77.6 Å². The third kappa shape index (κ3) is 3.32. The van der Waals surface area contributed by atoms with E-state index < -0.39 is 5.82 Å². The number of aldehydes is 1. The lowest BCUT2D eigenvalue weighted by atomic mass is 10.0. The van der Waals surface area contributed by atoms with Crippen molar-refractivity contribution in [3.8, 4) is 28.3 Å². The highest BCUT2D eigenvalue weighted by molar-refractivity contribution is 5.95. The average molecular weight is 439 g/mol. The quantitative estimate of drug-likeness (QED) is 0.297. The molecule has 0 bridgehead atoms. The van der Waals surface area contributed by atoms with E-state index in [2.05, 4.69) is 16.7 Å². The molecule has 164 valence electrons. The zero-order chi connectivity index (χ0) is 22.7. The molecule has 0 atom stereocenters. The van der Waals surface area contributed by atoms with Crippen molar-refractivity contribution in [3.63, 3.8) is 0 Å². The zero-order valence-corrected chi connectivity index (χ0v) is 18.1. The van der Waals surface area contributed by atoms with Crippen molar-refractivity contribution >= 4 is 28.2 Å². The molecule has 5 aromatic rings. The molecule has 0 spiro atoms. The molecule has 6 rings (SSSR count). The number of hydrogen-bond acceptors (Lipinski definition) is 3. The molecular weight excluding hydrogens is 417 g/mol. The second kappa shape index (κ2) is 7.34. The predicted molar refractivity (Wildman–Crippen MR) is 127 cm³/mol. The Morgan fingerprint density at radius 2 is 1.85 bits per heavy atom. The van der Waals surface area contributed by atoms with Gasteiger partial charge in [-0.1, -0.05) is 30.3 Å². The van der Waals surface area contributed by atoms with Gasteiger partial charge >= 0.3 is 0 Å². The van der Waals surface area contributed by atoms with Crippen LogP contribution in [0.4, 0.5) is 4.39 Å². The summed E-state index contributed by atoms with van der Waals surface area (Å²) in [5, 5.41) is 11.6. The van der Waals surface area contributed by atoms with Crippen molar-refractivity contribution < 1.29 is 18.7 Å². The number of phenols is 1. The first-order chi connectivity index (χ1) is 16.0. The molecular formula is C28H22FNO3. The van der Waals surface area contributed by atoms with Crippen LogP contribution in [-0.2, 0) is 6.54 Å². The van der Waals surface area contributed by atoms with Gasteiger partial charge in [0.2, 0.25) is 0 Å². The lowest BCUT2D eigenvalue weighted by Gasteiger charge is -2.11. The Balaban J connectivity index is 1.55. The minimum Gasteiger partial charge on any atom is -0.505 e. The van der Waals surface area contributed by atoms with Gasteiger partial charge in [0.1, 0.15) is 11.9 Å². The number of furan rings is 1. The van der Waals surface area contributed by atoms with Gasteiger partial charge in [0, 0.05) is 34.0 Å². The topological polar surface area (TPSA) is 55.4 Å². The minimum absolute atomic E-state index is 0.350. The first kappa shape index (κ1) is 19.8. The Kier molecular flexibility index (Phi) is 4.40. The van der Waals surface area contributed by atoms with E-state index in [-0.39, 0.29) is 5.75 Å². The summed E-state index contributed by atoms with van der Waals surface area (Å²) in [5.41, 5.74) is 6.02. The van der Waals surface area contributed by atoms with Gasteiger partial charge in [-0.15, -0.1) is 0 Å². The second-order valence-electron chi connectivity index (χ2n) is 8.95. The van der Waals surface area contributed by atoms with Gasteiger partial charge in [-0.05, 0) is 67.1 Å². The summed E-state index contributed by atoms with van der Waals surface area (Å²) in [6, 6.07) is 18.2. The minimum atomic E-state index is -0.630. The maximum absolute atomic E-state index is 14.0. The SMILES string of the molecule is Cc1c(-c2cc3ccc(-c4ccc(O)c(F)c4)cc3n2CC2CC2)oc2cc(C=O)ccc12. The summed E-state index contributed by atoms with van der Waals surface area (Å²) in [6.07, 6.45) is 3.25. The van der Waals surface area contributed by atoms with Gasteiger partial charge in [-0.2, -0.15) is 0 Å². The molecule has 1 saturated carbocycles. The third-order valence-electron chi connectivity index (χ3n) is 6.65. The van der Waals surface area contributed by atoms with E-state index in [1.54, 1.807) is 12.1 Å². The average Bonchev–Trinajstić information content (AvgIpc) is 3.50. The molecule has 5 heteroatoms. The van der Waals surface area contributed by atoms with Gasteiger partial charge in [-0.25, -0.2) is 4.39 Å². The summed E-state index contributed by atoms with van der Waals surface area (Å²) >= 11 is 0. The van der Waals surface area contributed by atoms with Crippen LogP contribution >= 0.6 is 0 Å². The van der Waals surface area contributed by atoms with Crippen LogP contribution < -0.4 is 0 Å². The zero-order valence-electron chi connectivity index (χ0n) is 18.1. The largest absolute Gasteiger partial charge is 0.505 e. The van der Waals surface area contributed by atoms with Crippen molar-refractivity contribution in [1.29, 1.82) is 0 Å². The number of benzene rings is 3. The smallest absolute Gasteiger partial charge is 0.165 e. The lowest BCUT2D eigenvalue weighted by molar-refractivity contribution is 0.112. The number of aromatic hydroxyl groups is 1. The second-order valence-corrected chi connectivity index (χ2v) is 8.95. The molecule has 2 heterocycles. The Morgan fingerprint density at radius 3 is 2.61 bits per heavy atom. The summed E-state index contributed by atoms with van der Waals surface area (Å²) in [4.78, 5) is 11.2. The Labute approximate surface area is 189 Å². The Bertz CT molecular complexity index is 1560. The molecule has 4 nitrogen and oxygen atoms in total. The van der Waals surface area contributed by atoms with Crippen LogP contribution in [0.1, 0.15) is 28.8 Å². The monoisotopic (exact) mass is 439 g/mol. The lowest BCUT2D eigenvalue weighted by Crippen LogP contribution is -2.02. The molecule has 1 aliphatic rings. The molecule has 0 saturated heterocycles. The van der Waals surface area contributed by atoms with E-state index in [4.69, 9.17) is 4.42 Å². The van der Waals surface area contributed by atoms with Crippen LogP contribution in [0.25, 0.3) is 44.5 Å². The predicted octanol–water partition coefficient (Wildman–Crippen LogP) is 7.10. The number of halogens is 1. The molecule has 1 N–H and O–H groups in total. The number of hydrogen-bond donors (Lipinski definition) is 1. The van der Waals surface area contributed by atoms with Crippen molar-refractivity contribution in [2.75, 3.05) is 0 Å². The van der Waals surface area contributed by atoms with Crippen molar-refractivity contribution in [2.45, 2.75) is 26.3 Å². The number of phenolic OH excluding ortho intramolecular Hbond substituents is 1. The van der Waals surface area contributed by atoms with Crippen LogP contribution in [0.3, 0.4) is 0 Å². The highest BCUT2D eigenvalue weighted by Gasteiger charge is 2.26. The fourth-order valence-corrected chi connectivity index (χ4v) is 4.62. The Hall–Kier alpha value is -3.86. The van der Waals surface area contributed by atoms with E-state index >= 15 is 0 Å². The maximum atomic E-state index is 14.0. The summed E-state index contributed by atoms with van der Waals surface area (Å²) in [5.74, 6) is 0.467. The molecule has 2 aromatic heterocycles. The van der Waals surface area contributed by atoms with Gasteiger partial charge < -0.3 is 14.1 Å². The molecule has 33 heavy (non-hydrogen) atoms. The van der Waals surface area contributed by atoms with Crippen molar-refractivity contribution in [1.82, 2.24) is 4.57 Å². The van der Waals surface area contributed by atoms with Crippen LogP contribution in [-0.4, -0.2) is 16.0 Å². The first-order valence-electron chi connectivity index (χ1n) is 11.1. The van der Waals surface area contributed by atoms with Gasteiger partial charge in [-0.3, -0.25) is 4.79 Å². The standard InChI is InChI=1S/C28H22FNO3/c1-16-22-8-4-18(15-31)10-27(22)33-28(16)25-13-21-6-5-20(19-7-9-26(32)23(29)11-19)12-24(21)30(25)14-17-2-3-17/h4-13,15,17,32H,2-3,14H2,1H3. The molecule has 1 fully saturated rings. The molecule has 0 amide bonds. The summed E-state index contributed by atoms with van der Waals surface area (Å²) in [7, 11) is 0. The highest BCUT2D eigenvalue weighted by Crippen LogP contribution is 2.40. The molecule has 1 aliphatic carbocycles. The van der Waals surface area contributed by atoms with Crippen LogP contribution in [0.2, 0.25) is 0 Å². The van der Waals surface area contributed by atoms with Crippen LogP contribution in [0, 0.1) is 18.7 Å². The normalized spacial score (nSPS) is 13.8. The van der Waals surface area contributed by atoms with E-state index in [1.165, 1.54) is 25.0 Å². The number of nitrogens with zero attached hydrogens (tertiary/aromatic N) is 1. The highest BCUT2D eigenvalue weighted by atomic mass is 19.1. The van der Waals surface area contributed by atoms with E-state index in [0.717, 1.165) is 51.7 Å². The third-order valence-corrected chi connectivity index (χ3v) is 6.65. The molecule has 0 aliphatic heterocycles. The van der Waals surface area contributed by atoms with E-state index in [1.807, 2.05) is 31.2 Å². The molecule has 0 radical (unpaired) electrons.